The van der Waals surface area contributed by atoms with Gasteiger partial charge in [0.15, 0.2) is 5.13 Å². The van der Waals surface area contributed by atoms with Crippen LogP contribution in [0.5, 0.6) is 0 Å². The molecule has 1 aromatic carbocycles. The average molecular weight is 319 g/mol. The minimum atomic E-state index is -0.920. The Hall–Kier alpha value is -1.92. The molecule has 0 bridgehead atoms. The lowest BCUT2D eigenvalue weighted by molar-refractivity contribution is 0.0697. The van der Waals surface area contributed by atoms with Crippen molar-refractivity contribution in [3.8, 4) is 0 Å². The van der Waals surface area contributed by atoms with Crippen LogP contribution in [-0.2, 0) is 6.42 Å². The van der Waals surface area contributed by atoms with Gasteiger partial charge in [0.05, 0.1) is 11.3 Å². The molecule has 1 unspecified atom stereocenters. The van der Waals surface area contributed by atoms with Gasteiger partial charge in [-0.2, -0.15) is 0 Å². The zero-order valence-corrected chi connectivity index (χ0v) is 13.6. The van der Waals surface area contributed by atoms with Crippen molar-refractivity contribution < 1.29 is 9.90 Å². The first-order valence-corrected chi connectivity index (χ1v) is 8.24. The number of carboxylic acids is 1. The lowest BCUT2D eigenvalue weighted by Gasteiger charge is -2.10. The number of aromatic nitrogens is 1. The summed E-state index contributed by atoms with van der Waals surface area (Å²) in [6.45, 7) is 5.33. The third-order valence-electron chi connectivity index (χ3n) is 3.19. The van der Waals surface area contributed by atoms with Crippen LogP contribution in [0.15, 0.2) is 29.6 Å². The second kappa shape index (κ2) is 7.91. The molecule has 0 spiro atoms. The molecule has 5 nitrogen and oxygen atoms in total. The van der Waals surface area contributed by atoms with E-state index in [2.05, 4.69) is 34.8 Å². The number of carbonyl (C=O) groups is 1. The molecular weight excluding hydrogens is 298 g/mol. The lowest BCUT2D eigenvalue weighted by Crippen LogP contribution is -2.28. The molecule has 1 heterocycles. The number of hydrogen-bond acceptors (Lipinski definition) is 5. The third kappa shape index (κ3) is 4.82. The van der Waals surface area contributed by atoms with Crippen molar-refractivity contribution >= 4 is 28.1 Å². The highest BCUT2D eigenvalue weighted by molar-refractivity contribution is 7.13. The highest BCUT2D eigenvalue weighted by Gasteiger charge is 2.07. The van der Waals surface area contributed by atoms with Gasteiger partial charge >= 0.3 is 5.97 Å². The zero-order chi connectivity index (χ0) is 15.9. The molecule has 2 aromatic rings. The topological polar surface area (TPSA) is 74.2 Å². The molecule has 6 heteroatoms. The van der Waals surface area contributed by atoms with Crippen molar-refractivity contribution in [1.29, 1.82) is 0 Å². The fourth-order valence-corrected chi connectivity index (χ4v) is 2.80. The van der Waals surface area contributed by atoms with Gasteiger partial charge in [0.25, 0.3) is 0 Å². The summed E-state index contributed by atoms with van der Waals surface area (Å²) in [6.07, 6.45) is 2.02. The van der Waals surface area contributed by atoms with Gasteiger partial charge in [-0.25, -0.2) is 9.78 Å². The van der Waals surface area contributed by atoms with Gasteiger partial charge < -0.3 is 15.7 Å². The van der Waals surface area contributed by atoms with Gasteiger partial charge in [-0.05, 0) is 44.2 Å². The third-order valence-corrected chi connectivity index (χ3v) is 4.00. The Morgan fingerprint density at radius 1 is 1.36 bits per heavy atom. The number of hydrogen-bond donors (Lipinski definition) is 3. The van der Waals surface area contributed by atoms with Crippen molar-refractivity contribution in [2.24, 2.45) is 0 Å². The Balaban J connectivity index is 1.92. The lowest BCUT2D eigenvalue weighted by atomic mass is 10.2. The molecule has 0 aliphatic heterocycles. The van der Waals surface area contributed by atoms with Crippen molar-refractivity contribution in [3.05, 3.63) is 40.9 Å². The van der Waals surface area contributed by atoms with E-state index < -0.39 is 5.97 Å². The number of nitrogens with one attached hydrogen (secondary N) is 2. The molecule has 118 valence electrons. The first-order chi connectivity index (χ1) is 10.6. The van der Waals surface area contributed by atoms with E-state index in [1.54, 1.807) is 35.6 Å². The summed E-state index contributed by atoms with van der Waals surface area (Å²) < 4.78 is 0. The van der Waals surface area contributed by atoms with E-state index in [-0.39, 0.29) is 5.56 Å². The Morgan fingerprint density at radius 2 is 2.09 bits per heavy atom. The fraction of sp³-hybridized carbons (Fsp3) is 0.375. The molecule has 0 aliphatic rings. The summed E-state index contributed by atoms with van der Waals surface area (Å²) in [7, 11) is 0. The Kier molecular flexibility index (Phi) is 5.91. The molecular formula is C16H21N3O2S. The first-order valence-electron chi connectivity index (χ1n) is 7.36. The van der Waals surface area contributed by atoms with Crippen LogP contribution in [0.25, 0.3) is 0 Å². The van der Waals surface area contributed by atoms with E-state index >= 15 is 0 Å². The maximum atomic E-state index is 10.8. The number of anilines is 2. The molecule has 1 atom stereocenters. The quantitative estimate of drug-likeness (QED) is 0.694. The maximum absolute atomic E-state index is 10.8. The summed E-state index contributed by atoms with van der Waals surface area (Å²) >= 11 is 1.55. The van der Waals surface area contributed by atoms with Crippen LogP contribution >= 0.6 is 11.3 Å². The van der Waals surface area contributed by atoms with Gasteiger partial charge in [0.2, 0.25) is 0 Å². The van der Waals surface area contributed by atoms with E-state index in [0.717, 1.165) is 35.9 Å². The summed E-state index contributed by atoms with van der Waals surface area (Å²) in [5, 5.41) is 18.4. The van der Waals surface area contributed by atoms with Gasteiger partial charge in [-0.1, -0.05) is 6.92 Å². The van der Waals surface area contributed by atoms with E-state index in [0.29, 0.717) is 6.04 Å². The summed E-state index contributed by atoms with van der Waals surface area (Å²) in [5.41, 5.74) is 2.18. The van der Waals surface area contributed by atoms with Crippen LogP contribution in [0.3, 0.4) is 0 Å². The van der Waals surface area contributed by atoms with Gasteiger partial charge in [0.1, 0.15) is 0 Å². The van der Waals surface area contributed by atoms with E-state index in [1.807, 2.05) is 0 Å². The molecule has 2 rings (SSSR count). The molecule has 0 aliphatic carbocycles. The van der Waals surface area contributed by atoms with E-state index in [9.17, 15) is 4.79 Å². The minimum Gasteiger partial charge on any atom is -0.478 e. The minimum absolute atomic E-state index is 0.279. The van der Waals surface area contributed by atoms with Gasteiger partial charge in [-0.3, -0.25) is 0 Å². The number of benzene rings is 1. The Bertz CT molecular complexity index is 610. The van der Waals surface area contributed by atoms with Crippen LogP contribution in [0.1, 0.15) is 36.3 Å². The summed E-state index contributed by atoms with van der Waals surface area (Å²) in [4.78, 5) is 15.4. The molecule has 0 radical (unpaired) electrons. The predicted octanol–water partition coefficient (Wildman–Crippen LogP) is 3.52. The maximum Gasteiger partial charge on any atom is 0.335 e. The highest BCUT2D eigenvalue weighted by atomic mass is 32.1. The SMILES string of the molecule is CCCNC(C)Cc1csc(Nc2ccc(C(=O)O)cc2)n1. The number of thiazole rings is 1. The van der Waals surface area contributed by atoms with Gasteiger partial charge in [0, 0.05) is 23.5 Å². The van der Waals surface area contributed by atoms with Crippen LogP contribution in [-0.4, -0.2) is 28.6 Å². The van der Waals surface area contributed by atoms with Crippen molar-refractivity contribution in [3.63, 3.8) is 0 Å². The van der Waals surface area contributed by atoms with E-state index in [1.165, 1.54) is 0 Å². The van der Waals surface area contributed by atoms with Crippen molar-refractivity contribution in [2.75, 3.05) is 11.9 Å². The summed E-state index contributed by atoms with van der Waals surface area (Å²) in [6, 6.07) is 7.06. The van der Waals surface area contributed by atoms with Crippen LogP contribution in [0, 0.1) is 0 Å². The average Bonchev–Trinajstić information content (AvgIpc) is 2.92. The highest BCUT2D eigenvalue weighted by Crippen LogP contribution is 2.22. The monoisotopic (exact) mass is 319 g/mol. The smallest absolute Gasteiger partial charge is 0.335 e. The fourth-order valence-electron chi connectivity index (χ4n) is 2.05. The second-order valence-electron chi connectivity index (χ2n) is 5.21. The number of rotatable bonds is 8. The zero-order valence-electron chi connectivity index (χ0n) is 12.8. The molecule has 0 saturated heterocycles. The molecule has 0 fully saturated rings. The Labute approximate surface area is 134 Å². The van der Waals surface area contributed by atoms with Crippen LogP contribution in [0.2, 0.25) is 0 Å². The molecule has 3 N–H and O–H groups in total. The van der Waals surface area contributed by atoms with Crippen LogP contribution < -0.4 is 10.6 Å². The van der Waals surface area contributed by atoms with Crippen molar-refractivity contribution in [1.82, 2.24) is 10.3 Å². The normalized spacial score (nSPS) is 12.1. The molecule has 22 heavy (non-hydrogen) atoms. The molecule has 0 amide bonds. The van der Waals surface area contributed by atoms with Gasteiger partial charge in [-0.15, -0.1) is 11.3 Å². The first kappa shape index (κ1) is 16.5. The predicted molar refractivity (Wildman–Crippen MR) is 90.3 cm³/mol. The molecule has 1 aromatic heterocycles. The van der Waals surface area contributed by atoms with E-state index in [4.69, 9.17) is 5.11 Å². The van der Waals surface area contributed by atoms with Crippen LogP contribution in [0.4, 0.5) is 10.8 Å². The molecule has 0 saturated carbocycles. The Morgan fingerprint density at radius 3 is 2.73 bits per heavy atom. The summed E-state index contributed by atoms with van der Waals surface area (Å²) in [5.74, 6) is -0.920. The largest absolute Gasteiger partial charge is 0.478 e. The number of aromatic carboxylic acids is 1. The second-order valence-corrected chi connectivity index (χ2v) is 6.07. The standard InChI is InChI=1S/C16H21N3O2S/c1-3-8-17-11(2)9-14-10-22-16(19-14)18-13-6-4-12(5-7-13)15(20)21/h4-7,10-11,17H,3,8-9H2,1-2H3,(H,18,19)(H,20,21). The number of nitrogens with zero attached hydrogens (tertiary/aromatic N) is 1. The number of carboxylic acid groups (broad SMARTS) is 1. The van der Waals surface area contributed by atoms with Crippen molar-refractivity contribution in [2.45, 2.75) is 32.7 Å².